The number of benzene rings is 3. The van der Waals surface area contributed by atoms with Crippen molar-refractivity contribution in [3.8, 4) is 17.2 Å². The molecule has 6 atom stereocenters. The molecule has 0 saturated carbocycles. The van der Waals surface area contributed by atoms with Crippen molar-refractivity contribution in [2.24, 2.45) is 0 Å². The molecule has 12 heteroatoms. The van der Waals surface area contributed by atoms with Gasteiger partial charge in [0.2, 0.25) is 0 Å². The number of nitrogens with zero attached hydrogens (tertiary/aromatic N) is 1. The van der Waals surface area contributed by atoms with Gasteiger partial charge < -0.3 is 49.5 Å². The minimum Gasteiger partial charge on any atom is -0.493 e. The maximum absolute atomic E-state index is 11.8. The predicted octanol–water partition coefficient (Wildman–Crippen LogP) is 1.34. The molecule has 0 bridgehead atoms. The van der Waals surface area contributed by atoms with Crippen LogP contribution in [-0.4, -0.2) is 111 Å². The Morgan fingerprint density at radius 2 is 1.67 bits per heavy atom. The van der Waals surface area contributed by atoms with Gasteiger partial charge in [-0.05, 0) is 30.3 Å². The maximum Gasteiger partial charge on any atom is 0.335 e. The number of carboxylic acids is 1. The van der Waals surface area contributed by atoms with Gasteiger partial charge in [-0.3, -0.25) is 4.90 Å². The van der Waals surface area contributed by atoms with E-state index < -0.39 is 68.9 Å². The monoisotopic (exact) mass is 587 g/mol. The summed E-state index contributed by atoms with van der Waals surface area (Å²) in [6.45, 7) is -8.25. The lowest BCUT2D eigenvalue weighted by Crippen LogP contribution is -2.65. The summed E-state index contributed by atoms with van der Waals surface area (Å²) >= 11 is 0. The van der Waals surface area contributed by atoms with Crippen molar-refractivity contribution in [1.29, 1.82) is 0 Å². The Labute approximate surface area is 248 Å². The fourth-order valence-corrected chi connectivity index (χ4v) is 4.78. The van der Waals surface area contributed by atoms with E-state index in [-0.39, 0.29) is 11.5 Å². The third kappa shape index (κ3) is 6.14. The number of ether oxygens (including phenoxy) is 4. The van der Waals surface area contributed by atoms with Gasteiger partial charge in [0, 0.05) is 32.1 Å². The Bertz CT molecular complexity index is 1740. The smallest absolute Gasteiger partial charge is 0.335 e. The first-order valence-corrected chi connectivity index (χ1v) is 13.0. The van der Waals surface area contributed by atoms with Gasteiger partial charge in [-0.25, -0.2) is 4.79 Å². The number of aliphatic carboxylic acids is 1. The molecule has 1 unspecified atom stereocenters. The number of rotatable bonds is 12. The van der Waals surface area contributed by atoms with Crippen LogP contribution >= 0.6 is 0 Å². The normalized spacial score (nSPS) is 26.4. The van der Waals surface area contributed by atoms with Crippen LogP contribution in [0.4, 0.5) is 0 Å². The topological polar surface area (TPSA) is 174 Å². The average Bonchev–Trinajstić information content (AvgIpc) is 3.42. The molecule has 224 valence electrons. The highest BCUT2D eigenvalue weighted by atomic mass is 16.6. The third-order valence-electron chi connectivity index (χ3n) is 6.80. The molecule has 1 aliphatic heterocycles. The zero-order valence-corrected chi connectivity index (χ0v) is 22.4. The predicted molar refractivity (Wildman–Crippen MR) is 152 cm³/mol. The molecule has 3 aromatic carbocycles. The molecule has 2 heterocycles. The SMILES string of the molecule is [2H]C([2H])(Oc1cccc2[nH]c3ccccc3c12)C([2H])(O)C([2H])([2H])N(CCOc1ccccc1OC)[C@H]1O[C@@H](C(=O)O)[C@H](O)[C@@H](O)[C@@H]1O. The minimum atomic E-state index is -3.85. The molecule has 0 amide bonds. The lowest BCUT2D eigenvalue weighted by Gasteiger charge is -2.44. The number of aliphatic hydroxyl groups is 4. The van der Waals surface area contributed by atoms with E-state index in [9.17, 15) is 30.3 Å². The zero-order valence-electron chi connectivity index (χ0n) is 27.4. The number of aliphatic hydroxyl groups excluding tert-OH is 3. The summed E-state index contributed by atoms with van der Waals surface area (Å²) in [5.74, 6) is -1.39. The summed E-state index contributed by atoms with van der Waals surface area (Å²) in [5.41, 5.74) is 1.23. The van der Waals surface area contributed by atoms with E-state index in [0.717, 1.165) is 0 Å². The quantitative estimate of drug-likeness (QED) is 0.141. The molecule has 1 fully saturated rings. The summed E-state index contributed by atoms with van der Waals surface area (Å²) < 4.78 is 65.7. The molecule has 0 spiro atoms. The first-order valence-electron chi connectivity index (χ1n) is 15.5. The second kappa shape index (κ2) is 12.9. The van der Waals surface area contributed by atoms with E-state index in [1.807, 2.05) is 0 Å². The van der Waals surface area contributed by atoms with Crippen LogP contribution in [0.25, 0.3) is 21.8 Å². The van der Waals surface area contributed by atoms with Crippen molar-refractivity contribution in [3.63, 3.8) is 0 Å². The van der Waals surface area contributed by atoms with Crippen LogP contribution in [0.1, 0.15) is 6.85 Å². The molecule has 1 aliphatic rings. The van der Waals surface area contributed by atoms with Crippen molar-refractivity contribution in [1.82, 2.24) is 9.88 Å². The van der Waals surface area contributed by atoms with Crippen molar-refractivity contribution >= 4 is 27.8 Å². The maximum atomic E-state index is 11.8. The van der Waals surface area contributed by atoms with Gasteiger partial charge in [0.05, 0.1) is 16.7 Å². The fourth-order valence-electron chi connectivity index (χ4n) is 4.78. The van der Waals surface area contributed by atoms with E-state index in [0.29, 0.717) is 32.5 Å². The van der Waals surface area contributed by atoms with Gasteiger partial charge in [0.15, 0.2) is 17.6 Å². The minimum absolute atomic E-state index is 0.129. The third-order valence-corrected chi connectivity index (χ3v) is 6.80. The number of aromatic nitrogens is 1. The number of para-hydroxylation sites is 3. The van der Waals surface area contributed by atoms with Crippen LogP contribution in [0, 0.1) is 0 Å². The Balaban J connectivity index is 1.52. The second-order valence-corrected chi connectivity index (χ2v) is 9.46. The number of H-pyrrole nitrogens is 1. The van der Waals surface area contributed by atoms with Crippen LogP contribution in [0.2, 0.25) is 0 Å². The Morgan fingerprint density at radius 1 is 0.976 bits per heavy atom. The number of carbonyl (C=O) groups is 1. The van der Waals surface area contributed by atoms with Crippen molar-refractivity contribution in [3.05, 3.63) is 66.7 Å². The molecule has 42 heavy (non-hydrogen) atoms. The number of nitrogens with one attached hydrogen (secondary N) is 1. The standard InChI is InChI=1S/C30H34N2O10/c1-39-21-10-4-5-11-22(21)40-14-13-32(29-27(36)25(34)26(35)28(42-29)30(37)38)15-17(33)16-41-23-12-6-9-20-24(23)18-7-2-3-8-19(18)31-20/h2-12,17,25-29,31,33-36H,13-16H2,1H3,(H,37,38)/t17?,25-,26-,27+,28-,29+/m1/s1/i15D2,16D2,17D. The van der Waals surface area contributed by atoms with Crippen molar-refractivity contribution < 1.29 is 56.1 Å². The molecule has 0 radical (unpaired) electrons. The molecular weight excluding hydrogens is 548 g/mol. The van der Waals surface area contributed by atoms with Crippen LogP contribution in [0.15, 0.2) is 66.7 Å². The first-order chi connectivity index (χ1) is 22.1. The van der Waals surface area contributed by atoms with Crippen molar-refractivity contribution in [2.45, 2.75) is 36.7 Å². The van der Waals surface area contributed by atoms with Crippen LogP contribution in [0.3, 0.4) is 0 Å². The number of carboxylic acid groups (broad SMARTS) is 1. The van der Waals surface area contributed by atoms with E-state index in [4.69, 9.17) is 25.8 Å². The van der Waals surface area contributed by atoms with E-state index in [1.54, 1.807) is 48.5 Å². The first kappa shape index (κ1) is 23.6. The lowest BCUT2D eigenvalue weighted by atomic mass is 9.97. The zero-order chi connectivity index (χ0) is 34.3. The summed E-state index contributed by atoms with van der Waals surface area (Å²) in [5, 5.41) is 53.7. The molecular formula is C30H34N2O10. The molecule has 1 aromatic heterocycles. The highest BCUT2D eigenvalue weighted by Crippen LogP contribution is 2.33. The summed E-state index contributed by atoms with van der Waals surface area (Å²) in [7, 11) is 1.39. The number of fused-ring (bicyclic) bond motifs is 3. The van der Waals surface area contributed by atoms with Gasteiger partial charge in [-0.2, -0.15) is 0 Å². The molecule has 6 N–H and O–H groups in total. The molecule has 0 aliphatic carbocycles. The summed E-state index contributed by atoms with van der Waals surface area (Å²) in [6, 6.07) is 18.1. The number of hydrogen-bond acceptors (Lipinski definition) is 10. The van der Waals surface area contributed by atoms with E-state index in [1.165, 1.54) is 25.3 Å². The van der Waals surface area contributed by atoms with Crippen LogP contribution < -0.4 is 14.2 Å². The number of methoxy groups -OCH3 is 1. The molecule has 4 aromatic rings. The van der Waals surface area contributed by atoms with E-state index in [2.05, 4.69) is 4.98 Å². The van der Waals surface area contributed by atoms with Crippen molar-refractivity contribution in [2.75, 3.05) is 33.3 Å². The van der Waals surface area contributed by atoms with Gasteiger partial charge in [-0.1, -0.05) is 36.4 Å². The van der Waals surface area contributed by atoms with Gasteiger partial charge in [-0.15, -0.1) is 0 Å². The average molecular weight is 588 g/mol. The molecule has 5 rings (SSSR count). The summed E-state index contributed by atoms with van der Waals surface area (Å²) in [6.07, 6.45) is -14.6. The largest absolute Gasteiger partial charge is 0.493 e. The fraction of sp³-hybridized carbons (Fsp3) is 0.367. The Hall–Kier alpha value is -3.91. The van der Waals surface area contributed by atoms with Crippen LogP contribution in [0.5, 0.6) is 17.2 Å². The van der Waals surface area contributed by atoms with Gasteiger partial charge in [0.25, 0.3) is 0 Å². The molecule has 1 saturated heterocycles. The Morgan fingerprint density at radius 3 is 2.43 bits per heavy atom. The summed E-state index contributed by atoms with van der Waals surface area (Å²) in [4.78, 5) is 15.4. The Kier molecular flexibility index (Phi) is 7.28. The lowest BCUT2D eigenvalue weighted by molar-refractivity contribution is -0.262. The van der Waals surface area contributed by atoms with Gasteiger partial charge >= 0.3 is 5.97 Å². The van der Waals surface area contributed by atoms with E-state index >= 15 is 0 Å². The number of aromatic amines is 1. The van der Waals surface area contributed by atoms with Gasteiger partial charge in [0.1, 0.15) is 49.5 Å². The highest BCUT2D eigenvalue weighted by Gasteiger charge is 2.49. The molecule has 12 nitrogen and oxygen atoms in total. The number of hydrogen-bond donors (Lipinski definition) is 6. The second-order valence-electron chi connectivity index (χ2n) is 9.46. The van der Waals surface area contributed by atoms with Crippen LogP contribution in [-0.2, 0) is 9.53 Å². The highest BCUT2D eigenvalue weighted by molar-refractivity contribution is 6.10.